The number of nitrogens with two attached hydrogens (primary N) is 1. The number of pyridine rings is 1. The van der Waals surface area contributed by atoms with Crippen molar-refractivity contribution in [1.82, 2.24) is 4.98 Å². The van der Waals surface area contributed by atoms with E-state index in [-0.39, 0.29) is 0 Å². The van der Waals surface area contributed by atoms with Gasteiger partial charge in [-0.25, -0.2) is 0 Å². The van der Waals surface area contributed by atoms with Gasteiger partial charge in [0.15, 0.2) is 0 Å². The number of nitrogens with zero attached hydrogens (tertiary/aromatic N) is 1. The molecule has 0 amide bonds. The minimum absolute atomic E-state index is 0.553. The molecule has 1 aromatic rings. The Labute approximate surface area is 85.5 Å². The Kier molecular flexibility index (Phi) is 2.82. The van der Waals surface area contributed by atoms with Crippen molar-refractivity contribution >= 4 is 0 Å². The highest BCUT2D eigenvalue weighted by Crippen LogP contribution is 2.29. The molecule has 1 aliphatic rings. The second-order valence-electron chi connectivity index (χ2n) is 4.02. The number of aryl methyl sites for hydroxylation is 2. The molecule has 0 radical (unpaired) electrons. The van der Waals surface area contributed by atoms with E-state index >= 15 is 0 Å². The largest absolute Gasteiger partial charge is 0.330 e. The lowest BCUT2D eigenvalue weighted by molar-refractivity contribution is 0.549. The van der Waals surface area contributed by atoms with Crippen LogP contribution in [0, 0.1) is 0 Å². The lowest BCUT2D eigenvalue weighted by Crippen LogP contribution is -2.19. The van der Waals surface area contributed by atoms with E-state index in [0.717, 1.165) is 19.4 Å². The summed E-state index contributed by atoms with van der Waals surface area (Å²) in [5.74, 6) is 0.553. The van der Waals surface area contributed by atoms with Gasteiger partial charge in [0.25, 0.3) is 0 Å². The van der Waals surface area contributed by atoms with Gasteiger partial charge < -0.3 is 5.73 Å². The molecule has 76 valence electrons. The number of fused-ring (bicyclic) bond motifs is 1. The molecule has 0 aromatic carbocycles. The van der Waals surface area contributed by atoms with Gasteiger partial charge in [0.1, 0.15) is 0 Å². The molecule has 0 fully saturated rings. The topological polar surface area (TPSA) is 38.9 Å². The van der Waals surface area contributed by atoms with Gasteiger partial charge in [-0.05, 0) is 49.8 Å². The Hall–Kier alpha value is -0.890. The highest BCUT2D eigenvalue weighted by molar-refractivity contribution is 5.29. The fraction of sp³-hybridized carbons (Fsp3) is 0.583. The predicted molar refractivity (Wildman–Crippen MR) is 58.3 cm³/mol. The molecule has 1 atom stereocenters. The first-order valence-electron chi connectivity index (χ1n) is 5.54. The fourth-order valence-electron chi connectivity index (χ4n) is 2.24. The van der Waals surface area contributed by atoms with Crippen LogP contribution >= 0.6 is 0 Å². The van der Waals surface area contributed by atoms with Crippen molar-refractivity contribution < 1.29 is 0 Å². The van der Waals surface area contributed by atoms with Crippen molar-refractivity contribution in [3.05, 3.63) is 29.1 Å². The van der Waals surface area contributed by atoms with Crippen LogP contribution in [0.15, 0.2) is 12.1 Å². The Morgan fingerprint density at radius 3 is 3.07 bits per heavy atom. The molecule has 2 nitrogen and oxygen atoms in total. The monoisotopic (exact) mass is 190 g/mol. The lowest BCUT2D eigenvalue weighted by Gasteiger charge is -2.23. The van der Waals surface area contributed by atoms with Crippen LogP contribution in [0.25, 0.3) is 0 Å². The average Bonchev–Trinajstić information content (AvgIpc) is 2.27. The number of hydrogen-bond donors (Lipinski definition) is 1. The average molecular weight is 190 g/mol. The first-order chi connectivity index (χ1) is 6.85. The maximum Gasteiger partial charge on any atom is 0.0442 e. The van der Waals surface area contributed by atoms with Crippen LogP contribution in [0.2, 0.25) is 0 Å². The first kappa shape index (κ1) is 9.66. The molecule has 2 heteroatoms. The van der Waals surface area contributed by atoms with Crippen molar-refractivity contribution in [2.24, 2.45) is 5.73 Å². The smallest absolute Gasteiger partial charge is 0.0442 e. The summed E-state index contributed by atoms with van der Waals surface area (Å²) < 4.78 is 0. The molecule has 0 saturated carbocycles. The summed E-state index contributed by atoms with van der Waals surface area (Å²) in [6.07, 6.45) is 4.64. The Balaban J connectivity index is 2.35. The summed E-state index contributed by atoms with van der Waals surface area (Å²) in [5, 5.41) is 0. The van der Waals surface area contributed by atoms with Crippen LogP contribution in [0.3, 0.4) is 0 Å². The number of hydrogen-bond acceptors (Lipinski definition) is 2. The summed E-state index contributed by atoms with van der Waals surface area (Å²) >= 11 is 0. The fourth-order valence-corrected chi connectivity index (χ4v) is 2.24. The molecule has 1 aromatic heterocycles. The standard InChI is InChI=1S/C12H18N2/c1-2-10-6-7-11-9(8-13)4-3-5-12(11)14-10/h6-7,9H,2-5,8,13H2,1H3. The maximum atomic E-state index is 5.76. The van der Waals surface area contributed by atoms with Gasteiger partial charge in [-0.15, -0.1) is 0 Å². The molecule has 14 heavy (non-hydrogen) atoms. The van der Waals surface area contributed by atoms with Crippen molar-refractivity contribution in [3.63, 3.8) is 0 Å². The number of rotatable bonds is 2. The highest BCUT2D eigenvalue weighted by Gasteiger charge is 2.19. The van der Waals surface area contributed by atoms with E-state index in [1.54, 1.807) is 0 Å². The highest BCUT2D eigenvalue weighted by atomic mass is 14.7. The van der Waals surface area contributed by atoms with E-state index in [0.29, 0.717) is 5.92 Å². The van der Waals surface area contributed by atoms with Gasteiger partial charge in [-0.1, -0.05) is 13.0 Å². The second kappa shape index (κ2) is 4.09. The van der Waals surface area contributed by atoms with Gasteiger partial charge >= 0.3 is 0 Å². The van der Waals surface area contributed by atoms with Gasteiger partial charge in [0, 0.05) is 11.4 Å². The second-order valence-corrected chi connectivity index (χ2v) is 4.02. The van der Waals surface area contributed by atoms with E-state index in [9.17, 15) is 0 Å². The zero-order valence-corrected chi connectivity index (χ0v) is 8.79. The molecule has 0 aliphatic heterocycles. The molecular weight excluding hydrogens is 172 g/mol. The van der Waals surface area contributed by atoms with Crippen molar-refractivity contribution in [2.75, 3.05) is 6.54 Å². The van der Waals surface area contributed by atoms with Crippen LogP contribution < -0.4 is 5.73 Å². The third-order valence-corrected chi connectivity index (χ3v) is 3.12. The van der Waals surface area contributed by atoms with Crippen LogP contribution in [0.4, 0.5) is 0 Å². The third-order valence-electron chi connectivity index (χ3n) is 3.12. The summed E-state index contributed by atoms with van der Waals surface area (Å²) in [5.41, 5.74) is 9.67. The molecule has 0 saturated heterocycles. The third kappa shape index (κ3) is 1.67. The zero-order chi connectivity index (χ0) is 9.97. The van der Waals surface area contributed by atoms with Gasteiger partial charge in [-0.3, -0.25) is 4.98 Å². The van der Waals surface area contributed by atoms with Crippen LogP contribution in [0.1, 0.15) is 42.6 Å². The van der Waals surface area contributed by atoms with Crippen LogP contribution in [-0.4, -0.2) is 11.5 Å². The molecule has 0 spiro atoms. The van der Waals surface area contributed by atoms with Crippen molar-refractivity contribution in [3.8, 4) is 0 Å². The summed E-state index contributed by atoms with van der Waals surface area (Å²) in [6.45, 7) is 2.91. The van der Waals surface area contributed by atoms with E-state index in [1.807, 2.05) is 0 Å². The Morgan fingerprint density at radius 2 is 2.36 bits per heavy atom. The molecule has 0 bridgehead atoms. The van der Waals surface area contributed by atoms with E-state index in [2.05, 4.69) is 24.0 Å². The molecule has 1 heterocycles. The van der Waals surface area contributed by atoms with Crippen molar-refractivity contribution in [1.29, 1.82) is 0 Å². The Bertz CT molecular complexity index is 320. The van der Waals surface area contributed by atoms with Gasteiger partial charge in [-0.2, -0.15) is 0 Å². The van der Waals surface area contributed by atoms with Gasteiger partial charge in [0.2, 0.25) is 0 Å². The molecule has 2 N–H and O–H groups in total. The summed E-state index contributed by atoms with van der Waals surface area (Å²) in [4.78, 5) is 4.67. The lowest BCUT2D eigenvalue weighted by atomic mass is 9.85. The minimum Gasteiger partial charge on any atom is -0.330 e. The SMILES string of the molecule is CCc1ccc2c(n1)CCCC2CN. The summed E-state index contributed by atoms with van der Waals surface area (Å²) in [6, 6.07) is 4.38. The van der Waals surface area contributed by atoms with Crippen LogP contribution in [0.5, 0.6) is 0 Å². The van der Waals surface area contributed by atoms with E-state index in [1.165, 1.54) is 29.8 Å². The van der Waals surface area contributed by atoms with Crippen molar-refractivity contribution in [2.45, 2.75) is 38.5 Å². The molecule has 1 aliphatic carbocycles. The van der Waals surface area contributed by atoms with E-state index in [4.69, 9.17) is 5.73 Å². The molecular formula is C12H18N2. The van der Waals surface area contributed by atoms with E-state index < -0.39 is 0 Å². The normalized spacial score (nSPS) is 20.6. The molecule has 1 unspecified atom stereocenters. The first-order valence-corrected chi connectivity index (χ1v) is 5.54. The predicted octanol–water partition coefficient (Wildman–Crippen LogP) is 2.02. The number of aromatic nitrogens is 1. The molecule has 2 rings (SSSR count). The minimum atomic E-state index is 0.553. The van der Waals surface area contributed by atoms with Crippen LogP contribution in [-0.2, 0) is 12.8 Å². The summed E-state index contributed by atoms with van der Waals surface area (Å²) in [7, 11) is 0. The zero-order valence-electron chi connectivity index (χ0n) is 8.79. The van der Waals surface area contributed by atoms with Gasteiger partial charge in [0.05, 0.1) is 0 Å². The maximum absolute atomic E-state index is 5.76. The quantitative estimate of drug-likeness (QED) is 0.775. The Morgan fingerprint density at radius 1 is 1.50 bits per heavy atom.